The van der Waals surface area contributed by atoms with Crippen molar-refractivity contribution in [1.82, 2.24) is 19.7 Å². The van der Waals surface area contributed by atoms with Crippen molar-refractivity contribution in [3.63, 3.8) is 0 Å². The van der Waals surface area contributed by atoms with Gasteiger partial charge >= 0.3 is 0 Å². The Bertz CT molecular complexity index is 847. The van der Waals surface area contributed by atoms with Gasteiger partial charge in [0, 0.05) is 37.8 Å². The summed E-state index contributed by atoms with van der Waals surface area (Å²) < 4.78 is 1.87. The third-order valence-corrected chi connectivity index (χ3v) is 3.94. The summed E-state index contributed by atoms with van der Waals surface area (Å²) in [5.74, 6) is 1.35. The van der Waals surface area contributed by atoms with E-state index >= 15 is 0 Å². The molecule has 1 N–H and O–H groups in total. The number of halogens is 1. The van der Waals surface area contributed by atoms with Gasteiger partial charge in [0.15, 0.2) is 5.82 Å². The zero-order valence-corrected chi connectivity index (χ0v) is 13.9. The van der Waals surface area contributed by atoms with Crippen LogP contribution in [0, 0.1) is 0 Å². The number of nitrogens with zero attached hydrogens (tertiary/aromatic N) is 4. The first-order chi connectivity index (χ1) is 11.6. The van der Waals surface area contributed by atoms with E-state index in [0.717, 1.165) is 17.2 Å². The highest BCUT2D eigenvalue weighted by Gasteiger charge is 2.13. The largest absolute Gasteiger partial charge is 0.325 e. The Kier molecular flexibility index (Phi) is 4.86. The lowest BCUT2D eigenvalue weighted by Gasteiger charge is -2.07. The van der Waals surface area contributed by atoms with Gasteiger partial charge < -0.3 is 9.88 Å². The minimum Gasteiger partial charge on any atom is -0.325 e. The minimum absolute atomic E-state index is 0.117. The fraction of sp³-hybridized carbons (Fsp3) is 0.176. The third-order valence-electron chi connectivity index (χ3n) is 3.61. The lowest BCUT2D eigenvalue weighted by atomic mass is 10.2. The van der Waals surface area contributed by atoms with Crippen LogP contribution in [0.1, 0.15) is 12.2 Å². The van der Waals surface area contributed by atoms with Crippen LogP contribution in [0.4, 0.5) is 5.69 Å². The number of benzene rings is 1. The van der Waals surface area contributed by atoms with Crippen LogP contribution in [0.15, 0.2) is 48.8 Å². The van der Waals surface area contributed by atoms with Gasteiger partial charge in [0.05, 0.1) is 10.7 Å². The summed E-state index contributed by atoms with van der Waals surface area (Å²) in [6.45, 7) is 0. The lowest BCUT2D eigenvalue weighted by Crippen LogP contribution is -2.14. The standard InChI is InChI=1S/C17H16ClN5O/c1-23-15(21-22-17(23)12-5-4-10-19-11-12)8-9-16(24)20-14-7-3-2-6-13(14)18/h2-7,10-11H,8-9H2,1H3,(H,20,24). The van der Waals surface area contributed by atoms with E-state index in [0.29, 0.717) is 23.6 Å². The summed E-state index contributed by atoms with van der Waals surface area (Å²) in [6.07, 6.45) is 4.22. The number of nitrogens with one attached hydrogen (secondary N) is 1. The predicted molar refractivity (Wildman–Crippen MR) is 92.6 cm³/mol. The number of aromatic nitrogens is 4. The maximum Gasteiger partial charge on any atom is 0.224 e. The number of para-hydroxylation sites is 1. The molecule has 0 unspecified atom stereocenters. The highest BCUT2D eigenvalue weighted by molar-refractivity contribution is 6.33. The van der Waals surface area contributed by atoms with Crippen LogP contribution in [-0.2, 0) is 18.3 Å². The molecule has 0 saturated carbocycles. The van der Waals surface area contributed by atoms with Crippen molar-refractivity contribution < 1.29 is 4.79 Å². The van der Waals surface area contributed by atoms with Gasteiger partial charge in [-0.3, -0.25) is 9.78 Å². The molecule has 0 saturated heterocycles. The molecule has 1 amide bonds. The van der Waals surface area contributed by atoms with Gasteiger partial charge in [-0.15, -0.1) is 10.2 Å². The average Bonchev–Trinajstić information content (AvgIpc) is 2.97. The molecule has 6 nitrogen and oxygen atoms in total. The zero-order chi connectivity index (χ0) is 16.9. The van der Waals surface area contributed by atoms with Gasteiger partial charge in [-0.2, -0.15) is 0 Å². The van der Waals surface area contributed by atoms with Gasteiger partial charge in [-0.25, -0.2) is 0 Å². The average molecular weight is 342 g/mol. The van der Waals surface area contributed by atoms with E-state index in [4.69, 9.17) is 11.6 Å². The van der Waals surface area contributed by atoms with E-state index in [1.54, 1.807) is 24.5 Å². The Balaban J connectivity index is 1.64. The van der Waals surface area contributed by atoms with Crippen LogP contribution in [-0.4, -0.2) is 25.7 Å². The second kappa shape index (κ2) is 7.23. The Morgan fingerprint density at radius 2 is 2.04 bits per heavy atom. The normalized spacial score (nSPS) is 10.6. The van der Waals surface area contributed by atoms with E-state index < -0.39 is 0 Å². The molecule has 3 aromatic rings. The molecule has 0 aliphatic carbocycles. The molecule has 122 valence electrons. The maximum absolute atomic E-state index is 12.1. The van der Waals surface area contributed by atoms with Crippen molar-refractivity contribution in [2.24, 2.45) is 7.05 Å². The monoisotopic (exact) mass is 341 g/mol. The first kappa shape index (κ1) is 16.1. The molecule has 2 heterocycles. The Morgan fingerprint density at radius 1 is 1.21 bits per heavy atom. The van der Waals surface area contributed by atoms with Crippen LogP contribution < -0.4 is 5.32 Å². The Labute approximate surface area is 144 Å². The summed E-state index contributed by atoms with van der Waals surface area (Å²) in [7, 11) is 1.88. The topological polar surface area (TPSA) is 72.7 Å². The smallest absolute Gasteiger partial charge is 0.224 e. The van der Waals surface area contributed by atoms with E-state index in [2.05, 4.69) is 20.5 Å². The zero-order valence-electron chi connectivity index (χ0n) is 13.1. The van der Waals surface area contributed by atoms with E-state index in [-0.39, 0.29) is 5.91 Å². The maximum atomic E-state index is 12.1. The molecule has 0 fully saturated rings. The minimum atomic E-state index is -0.117. The highest BCUT2D eigenvalue weighted by atomic mass is 35.5. The Hall–Kier alpha value is -2.73. The number of amides is 1. The molecule has 0 spiro atoms. The van der Waals surface area contributed by atoms with Gasteiger partial charge in [0.1, 0.15) is 5.82 Å². The second-order valence-corrected chi connectivity index (χ2v) is 5.68. The molecule has 3 rings (SSSR count). The SMILES string of the molecule is Cn1c(CCC(=O)Nc2ccccc2Cl)nnc1-c1cccnc1. The number of hydrogen-bond donors (Lipinski definition) is 1. The summed E-state index contributed by atoms with van der Waals surface area (Å²) in [5.41, 5.74) is 1.50. The van der Waals surface area contributed by atoms with Crippen molar-refractivity contribution in [1.29, 1.82) is 0 Å². The van der Waals surface area contributed by atoms with Gasteiger partial charge in [0.2, 0.25) is 5.91 Å². The highest BCUT2D eigenvalue weighted by Crippen LogP contribution is 2.21. The number of pyridine rings is 1. The quantitative estimate of drug-likeness (QED) is 0.774. The van der Waals surface area contributed by atoms with Crippen molar-refractivity contribution in [2.75, 3.05) is 5.32 Å². The number of anilines is 1. The predicted octanol–water partition coefficient (Wildman–Crippen LogP) is 3.10. The molecule has 0 bridgehead atoms. The number of aryl methyl sites for hydroxylation is 1. The fourth-order valence-corrected chi connectivity index (χ4v) is 2.51. The second-order valence-electron chi connectivity index (χ2n) is 5.27. The van der Waals surface area contributed by atoms with Crippen molar-refractivity contribution in [3.8, 4) is 11.4 Å². The van der Waals surface area contributed by atoms with Crippen LogP contribution in [0.2, 0.25) is 5.02 Å². The van der Waals surface area contributed by atoms with Crippen LogP contribution in [0.25, 0.3) is 11.4 Å². The number of carbonyl (C=O) groups excluding carboxylic acids is 1. The molecule has 1 aromatic carbocycles. The molecule has 0 aliphatic rings. The molecule has 0 aliphatic heterocycles. The lowest BCUT2D eigenvalue weighted by molar-refractivity contribution is -0.116. The molecule has 0 atom stereocenters. The van der Waals surface area contributed by atoms with Crippen molar-refractivity contribution in [3.05, 3.63) is 59.6 Å². The van der Waals surface area contributed by atoms with Crippen LogP contribution in [0.5, 0.6) is 0 Å². The van der Waals surface area contributed by atoms with Gasteiger partial charge in [0.25, 0.3) is 0 Å². The summed E-state index contributed by atoms with van der Waals surface area (Å²) in [6, 6.07) is 10.9. The van der Waals surface area contributed by atoms with Crippen LogP contribution in [0.3, 0.4) is 0 Å². The number of carbonyl (C=O) groups is 1. The molecule has 24 heavy (non-hydrogen) atoms. The first-order valence-electron chi connectivity index (χ1n) is 7.48. The van der Waals surface area contributed by atoms with Gasteiger partial charge in [-0.1, -0.05) is 23.7 Å². The third kappa shape index (κ3) is 3.60. The van der Waals surface area contributed by atoms with Crippen LogP contribution >= 0.6 is 11.6 Å². The molecule has 2 aromatic heterocycles. The summed E-state index contributed by atoms with van der Waals surface area (Å²) in [4.78, 5) is 16.2. The molecular formula is C17H16ClN5O. The molecular weight excluding hydrogens is 326 g/mol. The molecule has 7 heteroatoms. The molecule has 0 radical (unpaired) electrons. The summed E-state index contributed by atoms with van der Waals surface area (Å²) in [5, 5.41) is 11.7. The van der Waals surface area contributed by atoms with Crippen molar-refractivity contribution in [2.45, 2.75) is 12.8 Å². The number of rotatable bonds is 5. The van der Waals surface area contributed by atoms with E-state index in [1.165, 1.54) is 0 Å². The Morgan fingerprint density at radius 3 is 2.79 bits per heavy atom. The van der Waals surface area contributed by atoms with Crippen molar-refractivity contribution >= 4 is 23.2 Å². The van der Waals surface area contributed by atoms with Gasteiger partial charge in [-0.05, 0) is 24.3 Å². The first-order valence-corrected chi connectivity index (χ1v) is 7.86. The summed E-state index contributed by atoms with van der Waals surface area (Å²) >= 11 is 6.03. The fourth-order valence-electron chi connectivity index (χ4n) is 2.33. The van der Waals surface area contributed by atoms with E-state index in [9.17, 15) is 4.79 Å². The number of hydrogen-bond acceptors (Lipinski definition) is 4. The van der Waals surface area contributed by atoms with E-state index in [1.807, 2.05) is 35.9 Å².